The summed E-state index contributed by atoms with van der Waals surface area (Å²) in [7, 11) is 1.94. The second-order valence-corrected chi connectivity index (χ2v) is 5.06. The van der Waals surface area contributed by atoms with Crippen LogP contribution in [-0.4, -0.2) is 23.1 Å². The van der Waals surface area contributed by atoms with Crippen molar-refractivity contribution in [3.05, 3.63) is 41.7 Å². The summed E-state index contributed by atoms with van der Waals surface area (Å²) in [5.41, 5.74) is 2.46. The first-order valence-corrected chi connectivity index (χ1v) is 6.83. The van der Waals surface area contributed by atoms with Crippen LogP contribution in [0.4, 0.5) is 0 Å². The lowest BCUT2D eigenvalue weighted by atomic mass is 10.1. The minimum absolute atomic E-state index is 0.279. The molecule has 5 heteroatoms. The minimum atomic E-state index is 0.279. The predicted molar refractivity (Wildman–Crippen MR) is 75.9 cm³/mol. The van der Waals surface area contributed by atoms with E-state index in [0.29, 0.717) is 6.79 Å². The van der Waals surface area contributed by atoms with Crippen molar-refractivity contribution in [3.8, 4) is 11.5 Å². The van der Waals surface area contributed by atoms with Gasteiger partial charge in [0.2, 0.25) is 6.79 Å². The highest BCUT2D eigenvalue weighted by molar-refractivity contribution is 5.45. The number of ether oxygens (including phenoxy) is 2. The second kappa shape index (κ2) is 5.54. The first-order chi connectivity index (χ1) is 9.72. The molecule has 1 N–H and O–H groups in total. The van der Waals surface area contributed by atoms with E-state index in [1.54, 1.807) is 0 Å². The SMILES string of the molecule is CC(NCCc1cnn(C)c1)c1ccc2c(c1)OCO2. The van der Waals surface area contributed by atoms with Crippen LogP contribution in [0.1, 0.15) is 24.1 Å². The summed E-state index contributed by atoms with van der Waals surface area (Å²) in [6.07, 6.45) is 4.93. The van der Waals surface area contributed by atoms with Gasteiger partial charge in [-0.25, -0.2) is 0 Å². The highest BCUT2D eigenvalue weighted by Crippen LogP contribution is 2.34. The molecule has 1 aromatic heterocycles. The van der Waals surface area contributed by atoms with Crippen molar-refractivity contribution >= 4 is 0 Å². The lowest BCUT2D eigenvalue weighted by Gasteiger charge is -2.14. The zero-order valence-electron chi connectivity index (χ0n) is 11.8. The van der Waals surface area contributed by atoms with Crippen LogP contribution in [0, 0.1) is 0 Å². The van der Waals surface area contributed by atoms with E-state index in [0.717, 1.165) is 24.5 Å². The van der Waals surface area contributed by atoms with Gasteiger partial charge in [-0.3, -0.25) is 4.68 Å². The fraction of sp³-hybridized carbons (Fsp3) is 0.400. The third kappa shape index (κ3) is 2.77. The van der Waals surface area contributed by atoms with Gasteiger partial charge in [0.15, 0.2) is 11.5 Å². The second-order valence-electron chi connectivity index (χ2n) is 5.06. The van der Waals surface area contributed by atoms with Gasteiger partial charge in [-0.05, 0) is 43.1 Å². The molecule has 0 bridgehead atoms. The van der Waals surface area contributed by atoms with Crippen LogP contribution < -0.4 is 14.8 Å². The van der Waals surface area contributed by atoms with Gasteiger partial charge < -0.3 is 14.8 Å². The Bertz CT molecular complexity index is 595. The summed E-state index contributed by atoms with van der Waals surface area (Å²) in [5.74, 6) is 1.67. The zero-order valence-corrected chi connectivity index (χ0v) is 11.8. The molecular formula is C15H19N3O2. The Morgan fingerprint density at radius 3 is 3.00 bits per heavy atom. The van der Waals surface area contributed by atoms with Crippen LogP contribution in [0.2, 0.25) is 0 Å². The van der Waals surface area contributed by atoms with E-state index in [4.69, 9.17) is 9.47 Å². The average Bonchev–Trinajstić information content (AvgIpc) is 3.06. The molecule has 1 aliphatic rings. The van der Waals surface area contributed by atoms with Gasteiger partial charge in [0, 0.05) is 19.3 Å². The number of fused-ring (bicyclic) bond motifs is 1. The topological polar surface area (TPSA) is 48.3 Å². The van der Waals surface area contributed by atoms with E-state index < -0.39 is 0 Å². The van der Waals surface area contributed by atoms with E-state index in [2.05, 4.69) is 23.4 Å². The van der Waals surface area contributed by atoms with Gasteiger partial charge in [-0.15, -0.1) is 0 Å². The fourth-order valence-corrected chi connectivity index (χ4v) is 2.33. The van der Waals surface area contributed by atoms with Crippen molar-refractivity contribution < 1.29 is 9.47 Å². The highest BCUT2D eigenvalue weighted by atomic mass is 16.7. The summed E-state index contributed by atoms with van der Waals surface area (Å²) >= 11 is 0. The van der Waals surface area contributed by atoms with Gasteiger partial charge in [0.25, 0.3) is 0 Å². The number of nitrogens with zero attached hydrogens (tertiary/aromatic N) is 2. The van der Waals surface area contributed by atoms with E-state index >= 15 is 0 Å². The first-order valence-electron chi connectivity index (χ1n) is 6.83. The molecule has 0 saturated heterocycles. The Hall–Kier alpha value is -2.01. The molecule has 0 radical (unpaired) electrons. The molecule has 1 unspecified atom stereocenters. The Labute approximate surface area is 118 Å². The number of benzene rings is 1. The first kappa shape index (κ1) is 13.0. The van der Waals surface area contributed by atoms with Gasteiger partial charge in [0.1, 0.15) is 0 Å². The molecule has 0 saturated carbocycles. The quantitative estimate of drug-likeness (QED) is 0.905. The van der Waals surface area contributed by atoms with E-state index in [9.17, 15) is 0 Å². The van der Waals surface area contributed by atoms with Crippen molar-refractivity contribution in [1.29, 1.82) is 0 Å². The van der Waals surface area contributed by atoms with Crippen LogP contribution in [0.5, 0.6) is 11.5 Å². The Kier molecular flexibility index (Phi) is 3.60. The fourth-order valence-electron chi connectivity index (χ4n) is 2.33. The summed E-state index contributed by atoms with van der Waals surface area (Å²) in [5, 5.41) is 7.68. The molecule has 1 aliphatic heterocycles. The minimum Gasteiger partial charge on any atom is -0.454 e. The van der Waals surface area contributed by atoms with E-state index in [1.165, 1.54) is 11.1 Å². The molecular weight excluding hydrogens is 254 g/mol. The molecule has 0 aliphatic carbocycles. The molecule has 2 heterocycles. The smallest absolute Gasteiger partial charge is 0.231 e. The largest absolute Gasteiger partial charge is 0.454 e. The number of aromatic nitrogens is 2. The van der Waals surface area contributed by atoms with Crippen LogP contribution >= 0.6 is 0 Å². The number of hydrogen-bond acceptors (Lipinski definition) is 4. The Morgan fingerprint density at radius 2 is 2.20 bits per heavy atom. The maximum absolute atomic E-state index is 5.40. The zero-order chi connectivity index (χ0) is 13.9. The van der Waals surface area contributed by atoms with Crippen molar-refractivity contribution in [2.45, 2.75) is 19.4 Å². The molecule has 5 nitrogen and oxygen atoms in total. The van der Waals surface area contributed by atoms with Gasteiger partial charge >= 0.3 is 0 Å². The molecule has 2 aromatic rings. The summed E-state index contributed by atoms with van der Waals surface area (Å²) in [6, 6.07) is 6.37. The van der Waals surface area contributed by atoms with Gasteiger partial charge in [-0.2, -0.15) is 5.10 Å². The van der Waals surface area contributed by atoms with E-state index in [-0.39, 0.29) is 6.04 Å². The van der Waals surface area contributed by atoms with E-state index in [1.807, 2.05) is 36.3 Å². The number of hydrogen-bond donors (Lipinski definition) is 1. The third-order valence-electron chi connectivity index (χ3n) is 3.52. The van der Waals surface area contributed by atoms with Crippen molar-refractivity contribution in [1.82, 2.24) is 15.1 Å². The third-order valence-corrected chi connectivity index (χ3v) is 3.52. The van der Waals surface area contributed by atoms with Crippen molar-refractivity contribution in [2.24, 2.45) is 7.05 Å². The standard InChI is InChI=1S/C15H19N3O2/c1-11(16-6-5-12-8-17-18(2)9-12)13-3-4-14-15(7-13)20-10-19-14/h3-4,7-9,11,16H,5-6,10H2,1-2H3. The molecule has 1 atom stereocenters. The maximum atomic E-state index is 5.40. The Balaban J connectivity index is 1.55. The molecule has 3 rings (SSSR count). The highest BCUT2D eigenvalue weighted by Gasteiger charge is 2.15. The van der Waals surface area contributed by atoms with Crippen molar-refractivity contribution in [3.63, 3.8) is 0 Å². The lowest BCUT2D eigenvalue weighted by molar-refractivity contribution is 0.174. The lowest BCUT2D eigenvalue weighted by Crippen LogP contribution is -2.21. The monoisotopic (exact) mass is 273 g/mol. The van der Waals surface area contributed by atoms with Gasteiger partial charge in [0.05, 0.1) is 6.20 Å². The number of aryl methyl sites for hydroxylation is 1. The van der Waals surface area contributed by atoms with Gasteiger partial charge in [-0.1, -0.05) is 6.07 Å². The van der Waals surface area contributed by atoms with Crippen LogP contribution in [0.25, 0.3) is 0 Å². The van der Waals surface area contributed by atoms with Crippen LogP contribution in [-0.2, 0) is 13.5 Å². The van der Waals surface area contributed by atoms with Crippen LogP contribution in [0.3, 0.4) is 0 Å². The number of rotatable bonds is 5. The van der Waals surface area contributed by atoms with Crippen LogP contribution in [0.15, 0.2) is 30.6 Å². The molecule has 106 valence electrons. The molecule has 20 heavy (non-hydrogen) atoms. The number of nitrogens with one attached hydrogen (secondary N) is 1. The summed E-state index contributed by atoms with van der Waals surface area (Å²) in [4.78, 5) is 0. The molecule has 1 aromatic carbocycles. The average molecular weight is 273 g/mol. The summed E-state index contributed by atoms with van der Waals surface area (Å²) in [6.45, 7) is 3.39. The molecule has 0 fully saturated rings. The molecule has 0 spiro atoms. The maximum Gasteiger partial charge on any atom is 0.231 e. The molecule has 0 amide bonds. The predicted octanol–water partition coefficient (Wildman–Crippen LogP) is 2.04. The Morgan fingerprint density at radius 1 is 1.35 bits per heavy atom. The summed E-state index contributed by atoms with van der Waals surface area (Å²) < 4.78 is 12.6. The normalized spacial score (nSPS) is 14.5. The van der Waals surface area contributed by atoms with Crippen molar-refractivity contribution in [2.75, 3.05) is 13.3 Å².